The Bertz CT molecular complexity index is 3090. The van der Waals surface area contributed by atoms with Crippen molar-refractivity contribution in [2.45, 2.75) is 50.3 Å². The summed E-state index contributed by atoms with van der Waals surface area (Å²) in [6, 6.07) is 16.9. The van der Waals surface area contributed by atoms with Gasteiger partial charge in [0.25, 0.3) is 17.7 Å². The number of aryl methyl sites for hydroxylation is 1. The fourth-order valence-corrected chi connectivity index (χ4v) is 9.64. The summed E-state index contributed by atoms with van der Waals surface area (Å²) in [5.41, 5.74) is 4.42. The van der Waals surface area contributed by atoms with Gasteiger partial charge in [0.15, 0.2) is 0 Å². The highest BCUT2D eigenvalue weighted by Gasteiger charge is 2.51. The number of aliphatic imine (C=N–C) groups is 1. The SMILES string of the molecule is COc1cc(Nc2ncc3c(n2)-c2ccc(Cl)cc2C(c2c(F)cccc2OC)=NC3)ccc1C(=O)NCCOCCC(=O)N1CC2(CCc3cc4c(cc3O2)C(=O)N(C2CCC(=O)NC2=O)C4=O)C1. The van der Waals surface area contributed by atoms with Crippen molar-refractivity contribution in [2.75, 3.05) is 52.4 Å². The Hall–Kier alpha value is -7.77. The first-order valence-electron chi connectivity index (χ1n) is 22.5. The van der Waals surface area contributed by atoms with E-state index in [1.54, 1.807) is 65.7 Å². The quantitative estimate of drug-likeness (QED) is 0.102. The van der Waals surface area contributed by atoms with E-state index in [2.05, 4.69) is 20.9 Å². The summed E-state index contributed by atoms with van der Waals surface area (Å²) in [5.74, 6) is -1.97. The highest BCUT2D eigenvalue weighted by molar-refractivity contribution is 6.32. The molecule has 0 bridgehead atoms. The third-order valence-corrected chi connectivity index (χ3v) is 13.2. The van der Waals surface area contributed by atoms with Crippen LogP contribution in [0.5, 0.6) is 17.2 Å². The number of carbonyl (C=O) groups excluding carboxylic acids is 6. The number of fused-ring (bicyclic) bond motifs is 5. The number of amides is 6. The molecule has 2 fully saturated rings. The predicted molar refractivity (Wildman–Crippen MR) is 250 cm³/mol. The van der Waals surface area contributed by atoms with E-state index < -0.39 is 47.0 Å². The number of nitrogens with one attached hydrogen (secondary N) is 3. The van der Waals surface area contributed by atoms with Gasteiger partial charge in [0.1, 0.15) is 34.7 Å². The molecule has 5 aliphatic heterocycles. The molecule has 1 spiro atoms. The van der Waals surface area contributed by atoms with Crippen LogP contribution >= 0.6 is 11.6 Å². The van der Waals surface area contributed by atoms with Crippen LogP contribution in [0.3, 0.4) is 0 Å². The highest BCUT2D eigenvalue weighted by Crippen LogP contribution is 2.43. The number of methoxy groups -OCH3 is 2. The molecule has 358 valence electrons. The maximum atomic E-state index is 15.3. The first-order chi connectivity index (χ1) is 33.8. The molecule has 10 rings (SSSR count). The van der Waals surface area contributed by atoms with Crippen LogP contribution in [-0.4, -0.2) is 120 Å². The van der Waals surface area contributed by atoms with E-state index in [1.165, 1.54) is 20.3 Å². The highest BCUT2D eigenvalue weighted by atomic mass is 35.5. The number of piperidine rings is 1. The summed E-state index contributed by atoms with van der Waals surface area (Å²) < 4.78 is 38.5. The second-order valence-electron chi connectivity index (χ2n) is 17.4. The zero-order chi connectivity index (χ0) is 48.8. The summed E-state index contributed by atoms with van der Waals surface area (Å²) >= 11 is 6.45. The third-order valence-electron chi connectivity index (χ3n) is 13.0. The minimum absolute atomic E-state index is 0.0296. The van der Waals surface area contributed by atoms with Gasteiger partial charge in [-0.25, -0.2) is 14.4 Å². The lowest BCUT2D eigenvalue weighted by Gasteiger charge is -2.51. The van der Waals surface area contributed by atoms with Crippen LogP contribution in [-0.2, 0) is 32.1 Å². The van der Waals surface area contributed by atoms with E-state index in [4.69, 9.17) is 40.5 Å². The van der Waals surface area contributed by atoms with Gasteiger partial charge in [-0.15, -0.1) is 0 Å². The van der Waals surface area contributed by atoms with Crippen LogP contribution in [0.15, 0.2) is 77.9 Å². The van der Waals surface area contributed by atoms with E-state index in [0.29, 0.717) is 82.0 Å². The fraction of sp³-hybridized carbons (Fsp3) is 0.300. The molecule has 4 aromatic carbocycles. The van der Waals surface area contributed by atoms with Crippen molar-refractivity contribution in [1.29, 1.82) is 0 Å². The van der Waals surface area contributed by atoms with Crippen molar-refractivity contribution in [3.8, 4) is 28.5 Å². The molecule has 5 aliphatic rings. The summed E-state index contributed by atoms with van der Waals surface area (Å²) in [7, 11) is 2.92. The lowest BCUT2D eigenvalue weighted by molar-refractivity contribution is -0.154. The summed E-state index contributed by atoms with van der Waals surface area (Å²) in [5, 5.41) is 8.65. The number of anilines is 2. The van der Waals surface area contributed by atoms with Gasteiger partial charge in [-0.2, -0.15) is 0 Å². The number of hydrogen-bond acceptors (Lipinski definition) is 14. The Kier molecular flexibility index (Phi) is 12.2. The lowest BCUT2D eigenvalue weighted by atomic mass is 9.83. The summed E-state index contributed by atoms with van der Waals surface area (Å²) in [4.78, 5) is 93.8. The van der Waals surface area contributed by atoms with Crippen molar-refractivity contribution in [2.24, 2.45) is 4.99 Å². The molecular weight excluding hydrogens is 927 g/mol. The van der Waals surface area contributed by atoms with Gasteiger partial charge in [0.05, 0.1) is 87.1 Å². The molecule has 6 heterocycles. The number of aromatic nitrogens is 2. The molecule has 6 amide bonds. The second kappa shape index (κ2) is 18.6. The zero-order valence-electron chi connectivity index (χ0n) is 37.9. The summed E-state index contributed by atoms with van der Waals surface area (Å²) in [6.45, 7) is 1.32. The molecule has 1 unspecified atom stereocenters. The van der Waals surface area contributed by atoms with Crippen LogP contribution in [0.25, 0.3) is 11.3 Å². The molecule has 3 N–H and O–H groups in total. The molecular formula is C50H44ClFN8O10. The molecule has 1 atom stereocenters. The number of likely N-dealkylation sites (tertiary alicyclic amines) is 1. The Morgan fingerprint density at radius 3 is 2.50 bits per heavy atom. The second-order valence-corrected chi connectivity index (χ2v) is 17.8. The lowest BCUT2D eigenvalue weighted by Crippen LogP contribution is -2.67. The van der Waals surface area contributed by atoms with E-state index in [0.717, 1.165) is 10.5 Å². The topological polar surface area (TPSA) is 220 Å². The van der Waals surface area contributed by atoms with Gasteiger partial charge < -0.3 is 34.5 Å². The van der Waals surface area contributed by atoms with Gasteiger partial charge >= 0.3 is 0 Å². The average molecular weight is 971 g/mol. The van der Waals surface area contributed by atoms with Crippen LogP contribution in [0, 0.1) is 5.82 Å². The molecule has 20 heteroatoms. The number of rotatable bonds is 13. The molecule has 70 heavy (non-hydrogen) atoms. The van der Waals surface area contributed by atoms with Gasteiger partial charge in [0, 0.05) is 52.6 Å². The van der Waals surface area contributed by atoms with E-state index in [-0.39, 0.29) is 79.7 Å². The number of nitrogens with zero attached hydrogens (tertiary/aromatic N) is 5. The van der Waals surface area contributed by atoms with E-state index in [9.17, 15) is 28.8 Å². The van der Waals surface area contributed by atoms with Crippen molar-refractivity contribution >= 4 is 64.4 Å². The molecule has 1 aromatic heterocycles. The predicted octanol–water partition coefficient (Wildman–Crippen LogP) is 5.19. The van der Waals surface area contributed by atoms with Crippen LogP contribution < -0.4 is 30.2 Å². The number of ether oxygens (including phenoxy) is 4. The molecule has 5 aromatic rings. The van der Waals surface area contributed by atoms with Crippen molar-refractivity contribution in [3.05, 3.63) is 123 Å². The normalized spacial score (nSPS) is 17.5. The molecule has 2 saturated heterocycles. The first-order valence-corrected chi connectivity index (χ1v) is 22.9. The number of imide groups is 2. The van der Waals surface area contributed by atoms with Gasteiger partial charge in [0.2, 0.25) is 23.7 Å². The maximum Gasteiger partial charge on any atom is 0.262 e. The number of hydrogen-bond donors (Lipinski definition) is 3. The third kappa shape index (κ3) is 8.55. The van der Waals surface area contributed by atoms with Crippen molar-refractivity contribution < 1.29 is 52.1 Å². The minimum atomic E-state index is -1.06. The first kappa shape index (κ1) is 46.0. The monoisotopic (exact) mass is 970 g/mol. The van der Waals surface area contributed by atoms with Crippen molar-refractivity contribution in [3.63, 3.8) is 0 Å². The number of carbonyl (C=O) groups is 6. The number of benzene rings is 4. The smallest absolute Gasteiger partial charge is 0.262 e. The fourth-order valence-electron chi connectivity index (χ4n) is 9.47. The Labute approximate surface area is 404 Å². The van der Waals surface area contributed by atoms with Crippen LogP contribution in [0.1, 0.15) is 79.0 Å². The average Bonchev–Trinajstić information content (AvgIpc) is 3.47. The molecule has 0 radical (unpaired) electrons. The van der Waals surface area contributed by atoms with E-state index >= 15 is 4.39 Å². The van der Waals surface area contributed by atoms with Gasteiger partial charge in [-0.3, -0.25) is 44.0 Å². The van der Waals surface area contributed by atoms with Crippen LogP contribution in [0.2, 0.25) is 5.02 Å². The standard InChI is InChI=1S/C50H44ClFN8O10/c1-67-37-5-3-4-35(52)42(37)44-32-19-28(51)6-8-30(32)43-27(22-54-44)23-55-49(58-43)56-29-7-9-31(39(20-29)68-2)45(63)53-15-17-69-16-13-41(62)59-24-50(25-59)14-12-26-18-33-34(21-38(26)70-50)48(66)60(47(33)65)36-10-11-40(61)57-46(36)64/h3-9,18-21,23,36H,10-17,22,24-25H2,1-2H3,(H,53,63)(H,55,56,58)(H,57,61,64). The molecule has 18 nitrogen and oxygen atoms in total. The maximum absolute atomic E-state index is 15.3. The van der Waals surface area contributed by atoms with Gasteiger partial charge in [-0.1, -0.05) is 23.7 Å². The summed E-state index contributed by atoms with van der Waals surface area (Å²) in [6.07, 6.45) is 3.04. The Morgan fingerprint density at radius 1 is 0.914 bits per heavy atom. The molecule has 0 aliphatic carbocycles. The number of halogens is 2. The largest absolute Gasteiger partial charge is 0.496 e. The Morgan fingerprint density at radius 2 is 1.71 bits per heavy atom. The minimum Gasteiger partial charge on any atom is -0.496 e. The van der Waals surface area contributed by atoms with E-state index in [1.807, 2.05) is 6.07 Å². The Balaban J connectivity index is 0.695. The van der Waals surface area contributed by atoms with Crippen molar-refractivity contribution in [1.82, 2.24) is 30.4 Å². The van der Waals surface area contributed by atoms with Gasteiger partial charge in [-0.05, 0) is 73.4 Å². The van der Waals surface area contributed by atoms with Crippen LogP contribution in [0.4, 0.5) is 16.0 Å². The molecule has 0 saturated carbocycles. The zero-order valence-corrected chi connectivity index (χ0v) is 38.6.